The molecule has 3 rings (SSSR count). The first-order valence-corrected chi connectivity index (χ1v) is 10.6. The lowest BCUT2D eigenvalue weighted by Crippen LogP contribution is -2.30. The summed E-state index contributed by atoms with van der Waals surface area (Å²) in [5, 5.41) is 0. The molecule has 2 unspecified atom stereocenters. The average molecular weight is 388 g/mol. The quantitative estimate of drug-likeness (QED) is 0.533. The Bertz CT molecular complexity index is 859. The van der Waals surface area contributed by atoms with Gasteiger partial charge in [-0.15, -0.1) is 0 Å². The molecule has 0 amide bonds. The molecule has 0 radical (unpaired) electrons. The third-order valence-corrected chi connectivity index (χ3v) is 6.05. The topological polar surface area (TPSA) is 69.7 Å². The summed E-state index contributed by atoms with van der Waals surface area (Å²) in [4.78, 5) is 12.3. The standard InChI is InChI=1S/C21H24O5S/c1-16-10-13-18(14-11-16)27(23,24)26-20-9-5-8-19(20)25-21(22)15-12-17-6-3-2-4-7-17/h2-4,6-7,10-11,13-14,19-20H,5,8-9,12,15H2,1H3. The van der Waals surface area contributed by atoms with Gasteiger partial charge in [0, 0.05) is 6.42 Å². The normalized spacial score (nSPS) is 19.7. The number of rotatable bonds is 7. The first kappa shape index (κ1) is 19.6. The number of esters is 1. The van der Waals surface area contributed by atoms with Crippen molar-refractivity contribution in [2.75, 3.05) is 0 Å². The van der Waals surface area contributed by atoms with Gasteiger partial charge in [0.15, 0.2) is 0 Å². The molecule has 2 aromatic carbocycles. The Labute approximate surface area is 160 Å². The lowest BCUT2D eigenvalue weighted by molar-refractivity contribution is -0.152. The van der Waals surface area contributed by atoms with Gasteiger partial charge in [-0.3, -0.25) is 8.98 Å². The fourth-order valence-electron chi connectivity index (χ4n) is 3.18. The Morgan fingerprint density at radius 3 is 2.37 bits per heavy atom. The van der Waals surface area contributed by atoms with Crippen molar-refractivity contribution in [3.05, 3.63) is 65.7 Å². The van der Waals surface area contributed by atoms with E-state index in [2.05, 4.69) is 0 Å². The van der Waals surface area contributed by atoms with Crippen LogP contribution in [0.3, 0.4) is 0 Å². The zero-order valence-corrected chi connectivity index (χ0v) is 16.2. The van der Waals surface area contributed by atoms with Crippen LogP contribution in [0.2, 0.25) is 0 Å². The Kier molecular flexibility index (Phi) is 6.29. The number of ether oxygens (including phenoxy) is 1. The summed E-state index contributed by atoms with van der Waals surface area (Å²) in [6, 6.07) is 16.2. The molecule has 0 aromatic heterocycles. The van der Waals surface area contributed by atoms with Gasteiger partial charge in [0.1, 0.15) is 12.2 Å². The highest BCUT2D eigenvalue weighted by Crippen LogP contribution is 2.29. The van der Waals surface area contributed by atoms with Gasteiger partial charge in [-0.25, -0.2) is 0 Å². The minimum atomic E-state index is -3.88. The van der Waals surface area contributed by atoms with Crippen LogP contribution >= 0.6 is 0 Å². The molecule has 1 aliphatic carbocycles. The molecule has 0 saturated heterocycles. The van der Waals surface area contributed by atoms with E-state index in [4.69, 9.17) is 8.92 Å². The Balaban J connectivity index is 1.56. The van der Waals surface area contributed by atoms with E-state index in [-0.39, 0.29) is 17.3 Å². The highest BCUT2D eigenvalue weighted by molar-refractivity contribution is 7.86. The van der Waals surface area contributed by atoms with E-state index in [9.17, 15) is 13.2 Å². The lowest BCUT2D eigenvalue weighted by atomic mass is 10.1. The van der Waals surface area contributed by atoms with Crippen LogP contribution in [-0.4, -0.2) is 26.6 Å². The summed E-state index contributed by atoms with van der Waals surface area (Å²) < 4.78 is 35.9. The summed E-state index contributed by atoms with van der Waals surface area (Å²) in [6.07, 6.45) is 1.65. The first-order chi connectivity index (χ1) is 12.9. The SMILES string of the molecule is Cc1ccc(S(=O)(=O)OC2CCCC2OC(=O)CCc2ccccc2)cc1. The van der Waals surface area contributed by atoms with Crippen molar-refractivity contribution in [3.63, 3.8) is 0 Å². The Morgan fingerprint density at radius 2 is 1.67 bits per heavy atom. The molecule has 1 aliphatic rings. The van der Waals surface area contributed by atoms with Gasteiger partial charge in [-0.1, -0.05) is 48.0 Å². The summed E-state index contributed by atoms with van der Waals surface area (Å²) in [5.41, 5.74) is 2.04. The van der Waals surface area contributed by atoms with Crippen LogP contribution in [0.25, 0.3) is 0 Å². The second-order valence-electron chi connectivity index (χ2n) is 6.85. The molecule has 0 N–H and O–H groups in total. The van der Waals surface area contributed by atoms with Gasteiger partial charge in [0.05, 0.1) is 4.90 Å². The van der Waals surface area contributed by atoms with Crippen LogP contribution in [0.5, 0.6) is 0 Å². The lowest BCUT2D eigenvalue weighted by Gasteiger charge is -2.20. The fourth-order valence-corrected chi connectivity index (χ4v) is 4.31. The van der Waals surface area contributed by atoms with Crippen LogP contribution in [0.15, 0.2) is 59.5 Å². The predicted octanol–water partition coefficient (Wildman–Crippen LogP) is 3.80. The van der Waals surface area contributed by atoms with Crippen LogP contribution < -0.4 is 0 Å². The zero-order chi connectivity index (χ0) is 19.3. The summed E-state index contributed by atoms with van der Waals surface area (Å²) in [5.74, 6) is -0.327. The molecule has 2 atom stereocenters. The number of hydrogen-bond acceptors (Lipinski definition) is 5. The number of aryl methyl sites for hydroxylation is 2. The summed E-state index contributed by atoms with van der Waals surface area (Å²) >= 11 is 0. The second-order valence-corrected chi connectivity index (χ2v) is 8.42. The average Bonchev–Trinajstić information content (AvgIpc) is 3.07. The summed E-state index contributed by atoms with van der Waals surface area (Å²) in [6.45, 7) is 1.89. The van der Waals surface area contributed by atoms with E-state index in [0.717, 1.165) is 17.5 Å². The van der Waals surface area contributed by atoms with Gasteiger partial charge in [0.2, 0.25) is 0 Å². The van der Waals surface area contributed by atoms with Crippen molar-refractivity contribution in [2.24, 2.45) is 0 Å². The molecule has 0 aliphatic heterocycles. The molecular formula is C21H24O5S. The molecule has 0 bridgehead atoms. The van der Waals surface area contributed by atoms with Crippen LogP contribution in [0.4, 0.5) is 0 Å². The van der Waals surface area contributed by atoms with Crippen molar-refractivity contribution >= 4 is 16.1 Å². The van der Waals surface area contributed by atoms with Gasteiger partial charge in [-0.05, 0) is 50.3 Å². The van der Waals surface area contributed by atoms with E-state index in [1.165, 1.54) is 12.1 Å². The number of carbonyl (C=O) groups excluding carboxylic acids is 1. The van der Waals surface area contributed by atoms with Crippen molar-refractivity contribution in [2.45, 2.75) is 56.1 Å². The molecule has 27 heavy (non-hydrogen) atoms. The van der Waals surface area contributed by atoms with E-state index in [1.54, 1.807) is 12.1 Å². The van der Waals surface area contributed by atoms with E-state index < -0.39 is 22.3 Å². The maximum Gasteiger partial charge on any atom is 0.306 e. The van der Waals surface area contributed by atoms with Gasteiger partial charge in [0.25, 0.3) is 10.1 Å². The van der Waals surface area contributed by atoms with Crippen LogP contribution in [0, 0.1) is 6.92 Å². The van der Waals surface area contributed by atoms with Crippen molar-refractivity contribution in [1.82, 2.24) is 0 Å². The van der Waals surface area contributed by atoms with Gasteiger partial charge < -0.3 is 4.74 Å². The largest absolute Gasteiger partial charge is 0.460 e. The molecule has 6 heteroatoms. The molecule has 0 spiro atoms. The van der Waals surface area contributed by atoms with E-state index in [1.807, 2.05) is 37.3 Å². The molecule has 1 fully saturated rings. The summed E-state index contributed by atoms with van der Waals surface area (Å²) in [7, 11) is -3.88. The van der Waals surface area contributed by atoms with Crippen molar-refractivity contribution in [3.8, 4) is 0 Å². The molecule has 5 nitrogen and oxygen atoms in total. The molecule has 1 saturated carbocycles. The molecule has 0 heterocycles. The third-order valence-electron chi connectivity index (χ3n) is 4.70. The first-order valence-electron chi connectivity index (χ1n) is 9.17. The second kappa shape index (κ2) is 8.67. The zero-order valence-electron chi connectivity index (χ0n) is 15.3. The maximum atomic E-state index is 12.5. The molecule has 144 valence electrons. The Morgan fingerprint density at radius 1 is 1.00 bits per heavy atom. The van der Waals surface area contributed by atoms with E-state index in [0.29, 0.717) is 19.3 Å². The highest BCUT2D eigenvalue weighted by Gasteiger charge is 2.35. The number of carbonyl (C=O) groups is 1. The van der Waals surface area contributed by atoms with Crippen LogP contribution in [0.1, 0.15) is 36.8 Å². The van der Waals surface area contributed by atoms with Gasteiger partial charge >= 0.3 is 5.97 Å². The highest BCUT2D eigenvalue weighted by atomic mass is 32.2. The molecular weight excluding hydrogens is 364 g/mol. The Hall–Kier alpha value is -2.18. The smallest absolute Gasteiger partial charge is 0.306 e. The van der Waals surface area contributed by atoms with Crippen molar-refractivity contribution in [1.29, 1.82) is 0 Å². The van der Waals surface area contributed by atoms with Gasteiger partial charge in [-0.2, -0.15) is 8.42 Å². The third kappa shape index (κ3) is 5.40. The fraction of sp³-hybridized carbons (Fsp3) is 0.381. The predicted molar refractivity (Wildman–Crippen MR) is 102 cm³/mol. The minimum absolute atomic E-state index is 0.120. The minimum Gasteiger partial charge on any atom is -0.460 e. The van der Waals surface area contributed by atoms with Crippen LogP contribution in [-0.2, 0) is 30.3 Å². The molecule has 2 aromatic rings. The number of hydrogen-bond donors (Lipinski definition) is 0. The maximum absolute atomic E-state index is 12.5. The monoisotopic (exact) mass is 388 g/mol. The number of benzene rings is 2. The van der Waals surface area contributed by atoms with E-state index >= 15 is 0 Å². The van der Waals surface area contributed by atoms with Crippen molar-refractivity contribution < 1.29 is 22.1 Å².